The van der Waals surface area contributed by atoms with E-state index in [1.807, 2.05) is 17.5 Å². The van der Waals surface area contributed by atoms with Crippen LogP contribution in [0.2, 0.25) is 0 Å². The van der Waals surface area contributed by atoms with Crippen molar-refractivity contribution in [2.24, 2.45) is 0 Å². The van der Waals surface area contributed by atoms with Gasteiger partial charge < -0.3 is 9.84 Å². The van der Waals surface area contributed by atoms with Crippen molar-refractivity contribution in [3.63, 3.8) is 0 Å². The second kappa shape index (κ2) is 5.81. The Bertz CT molecular complexity index is 566. The molecule has 100 valence electrons. The van der Waals surface area contributed by atoms with Gasteiger partial charge in [0.25, 0.3) is 5.69 Å². The van der Waals surface area contributed by atoms with Crippen molar-refractivity contribution in [1.82, 2.24) is 0 Å². The molecule has 1 atom stereocenters. The van der Waals surface area contributed by atoms with Crippen LogP contribution in [-0.2, 0) is 6.61 Å². The number of nitrogens with zero attached hydrogens (tertiary/aromatic N) is 1. The number of hydrogen-bond donors (Lipinski definition) is 1. The lowest BCUT2D eigenvalue weighted by Crippen LogP contribution is -2.01. The molecule has 1 aromatic heterocycles. The molecule has 0 spiro atoms. The first kappa shape index (κ1) is 13.5. The Hall–Kier alpha value is -1.92. The van der Waals surface area contributed by atoms with Gasteiger partial charge in [-0.1, -0.05) is 6.07 Å². The maximum absolute atomic E-state index is 10.7. The van der Waals surface area contributed by atoms with Gasteiger partial charge >= 0.3 is 0 Å². The Morgan fingerprint density at radius 1 is 1.47 bits per heavy atom. The third-order valence-corrected chi connectivity index (χ3v) is 3.45. The van der Waals surface area contributed by atoms with Crippen molar-refractivity contribution in [2.75, 3.05) is 0 Å². The van der Waals surface area contributed by atoms with Crippen LogP contribution in [0.1, 0.15) is 23.5 Å². The van der Waals surface area contributed by atoms with E-state index in [1.165, 1.54) is 18.2 Å². The molecule has 1 heterocycles. The summed E-state index contributed by atoms with van der Waals surface area (Å²) < 4.78 is 5.61. The fourth-order valence-corrected chi connectivity index (χ4v) is 2.27. The van der Waals surface area contributed by atoms with Gasteiger partial charge in [0.2, 0.25) is 0 Å². The molecular formula is C13H13NO4S. The van der Waals surface area contributed by atoms with Gasteiger partial charge in [-0.05, 0) is 24.4 Å². The zero-order chi connectivity index (χ0) is 13.8. The van der Waals surface area contributed by atoms with Crippen LogP contribution in [0.4, 0.5) is 5.69 Å². The van der Waals surface area contributed by atoms with E-state index in [0.717, 1.165) is 4.88 Å². The van der Waals surface area contributed by atoms with Crippen LogP contribution in [0.15, 0.2) is 35.7 Å². The standard InChI is InChI=1S/C13H13NO4S/c1-9(15)12-7-10(14(16)17)4-5-13(12)18-8-11-3-2-6-19-11/h2-7,9,15H,8H2,1H3/t9-/m0/s1. The minimum Gasteiger partial charge on any atom is -0.488 e. The Balaban J connectivity index is 2.21. The summed E-state index contributed by atoms with van der Waals surface area (Å²) in [6.07, 6.45) is -0.821. The molecule has 1 aromatic carbocycles. The number of benzene rings is 1. The largest absolute Gasteiger partial charge is 0.488 e. The zero-order valence-corrected chi connectivity index (χ0v) is 11.1. The smallest absolute Gasteiger partial charge is 0.270 e. The van der Waals surface area contributed by atoms with E-state index in [9.17, 15) is 15.2 Å². The Labute approximate surface area is 114 Å². The fraction of sp³-hybridized carbons (Fsp3) is 0.231. The van der Waals surface area contributed by atoms with Crippen LogP contribution in [0.3, 0.4) is 0 Å². The van der Waals surface area contributed by atoms with Gasteiger partial charge in [-0.15, -0.1) is 11.3 Å². The lowest BCUT2D eigenvalue weighted by molar-refractivity contribution is -0.385. The van der Waals surface area contributed by atoms with Gasteiger partial charge in [0, 0.05) is 22.6 Å². The maximum atomic E-state index is 10.7. The number of nitro groups is 1. The molecule has 5 nitrogen and oxygen atoms in total. The molecule has 0 saturated carbocycles. The van der Waals surface area contributed by atoms with Crippen LogP contribution >= 0.6 is 11.3 Å². The summed E-state index contributed by atoms with van der Waals surface area (Å²) in [7, 11) is 0. The number of thiophene rings is 1. The molecule has 1 N–H and O–H groups in total. The first-order valence-electron chi connectivity index (χ1n) is 5.69. The molecule has 0 amide bonds. The van der Waals surface area contributed by atoms with Gasteiger partial charge in [0.05, 0.1) is 11.0 Å². The molecule has 2 rings (SSSR count). The van der Waals surface area contributed by atoms with Gasteiger partial charge in [0.1, 0.15) is 12.4 Å². The summed E-state index contributed by atoms with van der Waals surface area (Å²) in [5, 5.41) is 22.3. The molecule has 0 saturated heterocycles. The van der Waals surface area contributed by atoms with Crippen LogP contribution in [0.25, 0.3) is 0 Å². The first-order valence-corrected chi connectivity index (χ1v) is 6.57. The van der Waals surface area contributed by atoms with Crippen molar-refractivity contribution in [3.8, 4) is 5.75 Å². The van der Waals surface area contributed by atoms with Crippen LogP contribution in [-0.4, -0.2) is 10.0 Å². The number of hydrogen-bond acceptors (Lipinski definition) is 5. The van der Waals surface area contributed by atoms with Crippen molar-refractivity contribution in [2.45, 2.75) is 19.6 Å². The Kier molecular flexibility index (Phi) is 4.13. The predicted molar refractivity (Wildman–Crippen MR) is 72.4 cm³/mol. The van der Waals surface area contributed by atoms with Crippen molar-refractivity contribution < 1.29 is 14.8 Å². The molecule has 0 radical (unpaired) electrons. The summed E-state index contributed by atoms with van der Waals surface area (Å²) in [4.78, 5) is 11.3. The molecule has 0 aliphatic heterocycles. The monoisotopic (exact) mass is 279 g/mol. The number of ether oxygens (including phenoxy) is 1. The Morgan fingerprint density at radius 3 is 2.84 bits per heavy atom. The van der Waals surface area contributed by atoms with Crippen LogP contribution in [0, 0.1) is 10.1 Å². The minimum atomic E-state index is -0.821. The second-order valence-electron chi connectivity index (χ2n) is 4.02. The van der Waals surface area contributed by atoms with Crippen LogP contribution in [0.5, 0.6) is 5.75 Å². The van der Waals surface area contributed by atoms with Gasteiger partial charge in [0.15, 0.2) is 0 Å². The zero-order valence-electron chi connectivity index (χ0n) is 10.3. The number of aliphatic hydroxyl groups is 1. The highest BCUT2D eigenvalue weighted by Crippen LogP contribution is 2.30. The summed E-state index contributed by atoms with van der Waals surface area (Å²) in [5.41, 5.74) is 0.366. The topological polar surface area (TPSA) is 72.6 Å². The molecule has 0 unspecified atom stereocenters. The molecule has 6 heteroatoms. The summed E-state index contributed by atoms with van der Waals surface area (Å²) >= 11 is 1.57. The van der Waals surface area contributed by atoms with Crippen molar-refractivity contribution in [1.29, 1.82) is 0 Å². The highest BCUT2D eigenvalue weighted by Gasteiger charge is 2.15. The molecule has 2 aromatic rings. The number of nitro benzene ring substituents is 1. The van der Waals surface area contributed by atoms with E-state index >= 15 is 0 Å². The van der Waals surface area contributed by atoms with Gasteiger partial charge in [-0.25, -0.2) is 0 Å². The van der Waals surface area contributed by atoms with Gasteiger partial charge in [-0.2, -0.15) is 0 Å². The van der Waals surface area contributed by atoms with Crippen LogP contribution < -0.4 is 4.74 Å². The third-order valence-electron chi connectivity index (χ3n) is 2.60. The number of non-ortho nitro benzene ring substituents is 1. The molecule has 0 fully saturated rings. The minimum absolute atomic E-state index is 0.0561. The van der Waals surface area contributed by atoms with E-state index in [1.54, 1.807) is 18.3 Å². The average Bonchev–Trinajstić information content (AvgIpc) is 2.89. The molecular weight excluding hydrogens is 266 g/mol. The van der Waals surface area contributed by atoms with E-state index in [-0.39, 0.29) is 5.69 Å². The maximum Gasteiger partial charge on any atom is 0.270 e. The lowest BCUT2D eigenvalue weighted by Gasteiger charge is -2.12. The predicted octanol–water partition coefficient (Wildman–Crippen LogP) is 3.29. The highest BCUT2D eigenvalue weighted by molar-refractivity contribution is 7.09. The normalized spacial score (nSPS) is 12.1. The van der Waals surface area contributed by atoms with E-state index in [0.29, 0.717) is 17.9 Å². The highest BCUT2D eigenvalue weighted by atomic mass is 32.1. The number of aliphatic hydroxyl groups excluding tert-OH is 1. The molecule has 19 heavy (non-hydrogen) atoms. The molecule has 0 bridgehead atoms. The lowest BCUT2D eigenvalue weighted by atomic mass is 10.1. The third kappa shape index (κ3) is 3.30. The summed E-state index contributed by atoms with van der Waals surface area (Å²) in [6.45, 7) is 1.94. The van der Waals surface area contributed by atoms with Gasteiger partial charge in [-0.3, -0.25) is 10.1 Å². The van der Waals surface area contributed by atoms with E-state index in [4.69, 9.17) is 4.74 Å². The van der Waals surface area contributed by atoms with E-state index in [2.05, 4.69) is 0 Å². The fourth-order valence-electron chi connectivity index (χ4n) is 1.65. The average molecular weight is 279 g/mol. The van der Waals surface area contributed by atoms with E-state index < -0.39 is 11.0 Å². The summed E-state index contributed by atoms with van der Waals surface area (Å²) in [6, 6.07) is 8.10. The first-order chi connectivity index (χ1) is 9.08. The Morgan fingerprint density at radius 2 is 2.26 bits per heavy atom. The SMILES string of the molecule is C[C@H](O)c1cc([N+](=O)[O-])ccc1OCc1cccs1. The molecule has 0 aliphatic carbocycles. The van der Waals surface area contributed by atoms with Crippen molar-refractivity contribution >= 4 is 17.0 Å². The second-order valence-corrected chi connectivity index (χ2v) is 5.06. The summed E-state index contributed by atoms with van der Waals surface area (Å²) in [5.74, 6) is 0.467. The van der Waals surface area contributed by atoms with Crippen molar-refractivity contribution in [3.05, 3.63) is 56.3 Å². The molecule has 0 aliphatic rings. The number of rotatable bonds is 5. The quantitative estimate of drug-likeness (QED) is 0.673.